The Morgan fingerprint density at radius 3 is 2.89 bits per heavy atom. The molecule has 1 fully saturated rings. The van der Waals surface area contributed by atoms with Crippen LogP contribution in [0, 0.1) is 5.41 Å². The average Bonchev–Trinajstić information content (AvgIpc) is 2.33. The predicted molar refractivity (Wildman–Crippen MR) is 65.7 cm³/mol. The van der Waals surface area contributed by atoms with Gasteiger partial charge in [-0.05, 0) is 17.7 Å². The Balaban J connectivity index is 2.37. The zero-order chi connectivity index (χ0) is 13.3. The van der Waals surface area contributed by atoms with Crippen molar-refractivity contribution in [1.82, 2.24) is 5.32 Å². The Morgan fingerprint density at radius 2 is 2.22 bits per heavy atom. The lowest BCUT2D eigenvalue weighted by Crippen LogP contribution is -2.46. The number of hydrogen-bond donors (Lipinski definition) is 2. The minimum absolute atomic E-state index is 0.0810. The first-order chi connectivity index (χ1) is 8.44. The monoisotopic (exact) mass is 251 g/mol. The van der Waals surface area contributed by atoms with Crippen LogP contribution >= 0.6 is 0 Å². The van der Waals surface area contributed by atoms with Gasteiger partial charge in [0.1, 0.15) is 6.61 Å². The van der Waals surface area contributed by atoms with Crippen LogP contribution in [0.5, 0.6) is 11.5 Å². The summed E-state index contributed by atoms with van der Waals surface area (Å²) in [6.07, 6.45) is -0.425. The van der Waals surface area contributed by atoms with E-state index in [1.165, 1.54) is 7.11 Å². The average molecular weight is 251 g/mol. The molecule has 1 aliphatic rings. The fourth-order valence-electron chi connectivity index (χ4n) is 2.10. The number of aromatic hydroxyl groups is 1. The summed E-state index contributed by atoms with van der Waals surface area (Å²) in [6.45, 7) is 4.37. The number of carbonyl (C=O) groups excluding carboxylic acids is 1. The van der Waals surface area contributed by atoms with Crippen LogP contribution in [0.4, 0.5) is 4.79 Å². The van der Waals surface area contributed by atoms with E-state index >= 15 is 0 Å². The largest absolute Gasteiger partial charge is 0.504 e. The summed E-state index contributed by atoms with van der Waals surface area (Å²) in [4.78, 5) is 11.3. The zero-order valence-corrected chi connectivity index (χ0v) is 10.7. The van der Waals surface area contributed by atoms with E-state index in [9.17, 15) is 9.90 Å². The molecule has 2 N–H and O–H groups in total. The highest BCUT2D eigenvalue weighted by molar-refractivity contribution is 5.69. The van der Waals surface area contributed by atoms with E-state index in [-0.39, 0.29) is 17.2 Å². The minimum atomic E-state index is -0.425. The molecule has 0 aromatic heterocycles. The molecule has 0 spiro atoms. The third-order valence-electron chi connectivity index (χ3n) is 3.16. The normalized spacial score (nSPS) is 21.9. The Morgan fingerprint density at radius 1 is 1.50 bits per heavy atom. The zero-order valence-electron chi connectivity index (χ0n) is 10.7. The van der Waals surface area contributed by atoms with E-state index < -0.39 is 6.09 Å². The fraction of sp³-hybridized carbons (Fsp3) is 0.462. The molecular formula is C13H17NO4. The molecule has 1 atom stereocenters. The molecule has 0 bridgehead atoms. The highest BCUT2D eigenvalue weighted by atomic mass is 16.6. The third-order valence-corrected chi connectivity index (χ3v) is 3.16. The first-order valence-corrected chi connectivity index (χ1v) is 5.74. The first kappa shape index (κ1) is 12.5. The van der Waals surface area contributed by atoms with Crippen molar-refractivity contribution in [2.75, 3.05) is 13.7 Å². The Bertz CT molecular complexity index is 470. The van der Waals surface area contributed by atoms with Gasteiger partial charge in [0.25, 0.3) is 0 Å². The van der Waals surface area contributed by atoms with Gasteiger partial charge in [0.15, 0.2) is 11.5 Å². The molecule has 1 aliphatic heterocycles. The number of rotatable bonds is 2. The van der Waals surface area contributed by atoms with Crippen molar-refractivity contribution in [3.63, 3.8) is 0 Å². The molecule has 1 heterocycles. The van der Waals surface area contributed by atoms with E-state index in [0.29, 0.717) is 12.4 Å². The van der Waals surface area contributed by atoms with Crippen molar-refractivity contribution in [2.45, 2.75) is 19.9 Å². The van der Waals surface area contributed by atoms with Gasteiger partial charge in [-0.25, -0.2) is 4.79 Å². The van der Waals surface area contributed by atoms with Gasteiger partial charge in [-0.15, -0.1) is 0 Å². The molecule has 5 heteroatoms. The van der Waals surface area contributed by atoms with Crippen molar-refractivity contribution < 1.29 is 19.4 Å². The van der Waals surface area contributed by atoms with E-state index in [2.05, 4.69) is 5.32 Å². The number of hydrogen-bond acceptors (Lipinski definition) is 4. The maximum atomic E-state index is 11.3. The van der Waals surface area contributed by atoms with E-state index in [0.717, 1.165) is 5.56 Å². The van der Waals surface area contributed by atoms with Crippen molar-refractivity contribution in [1.29, 1.82) is 0 Å². The summed E-state index contributed by atoms with van der Waals surface area (Å²) in [6, 6.07) is 4.89. The van der Waals surface area contributed by atoms with Crippen LogP contribution in [-0.2, 0) is 4.74 Å². The number of phenols is 1. The van der Waals surface area contributed by atoms with Crippen LogP contribution in [0.1, 0.15) is 25.5 Å². The lowest BCUT2D eigenvalue weighted by atomic mass is 9.80. The molecule has 1 saturated heterocycles. The Labute approximate surface area is 106 Å². The summed E-state index contributed by atoms with van der Waals surface area (Å²) in [5.41, 5.74) is 0.655. The molecule has 1 aromatic rings. The summed E-state index contributed by atoms with van der Waals surface area (Å²) in [7, 11) is 1.49. The number of phenolic OH excluding ortho intramolecular Hbond substituents is 1. The second-order valence-electron chi connectivity index (χ2n) is 5.07. The van der Waals surface area contributed by atoms with Crippen LogP contribution in [-0.4, -0.2) is 24.9 Å². The maximum Gasteiger partial charge on any atom is 0.407 e. The van der Waals surface area contributed by atoms with Crippen molar-refractivity contribution in [3.8, 4) is 11.5 Å². The van der Waals surface area contributed by atoms with Gasteiger partial charge >= 0.3 is 6.09 Å². The molecule has 0 saturated carbocycles. The van der Waals surface area contributed by atoms with Gasteiger partial charge in [-0.1, -0.05) is 19.9 Å². The number of benzene rings is 1. The minimum Gasteiger partial charge on any atom is -0.504 e. The van der Waals surface area contributed by atoms with E-state index in [1.807, 2.05) is 13.8 Å². The molecule has 0 unspecified atom stereocenters. The molecule has 18 heavy (non-hydrogen) atoms. The molecule has 0 radical (unpaired) electrons. The molecule has 98 valence electrons. The van der Waals surface area contributed by atoms with Crippen molar-refractivity contribution in [2.24, 2.45) is 5.41 Å². The number of alkyl carbamates (subject to hydrolysis) is 1. The SMILES string of the molecule is COc1cc([C@H]2NC(=O)OCC2(C)C)ccc1O. The molecule has 1 aromatic carbocycles. The van der Waals surface area contributed by atoms with Crippen LogP contribution in [0.3, 0.4) is 0 Å². The lowest BCUT2D eigenvalue weighted by molar-refractivity contribution is 0.0387. The van der Waals surface area contributed by atoms with Gasteiger partial charge < -0.3 is 19.9 Å². The van der Waals surface area contributed by atoms with Gasteiger partial charge in [0.2, 0.25) is 0 Å². The standard InChI is InChI=1S/C13H17NO4/c1-13(2)7-18-12(16)14-11(13)8-4-5-9(15)10(6-8)17-3/h4-6,11,15H,7H2,1-3H3,(H,14,16)/t11-/m1/s1. The van der Waals surface area contributed by atoms with Crippen molar-refractivity contribution >= 4 is 6.09 Å². The fourth-order valence-corrected chi connectivity index (χ4v) is 2.10. The number of ether oxygens (including phenoxy) is 2. The smallest absolute Gasteiger partial charge is 0.407 e. The molecule has 5 nitrogen and oxygen atoms in total. The second-order valence-corrected chi connectivity index (χ2v) is 5.07. The van der Waals surface area contributed by atoms with Gasteiger partial charge in [0, 0.05) is 5.41 Å². The molecular weight excluding hydrogens is 234 g/mol. The topological polar surface area (TPSA) is 67.8 Å². The number of cyclic esters (lactones) is 1. The van der Waals surface area contributed by atoms with E-state index in [4.69, 9.17) is 9.47 Å². The quantitative estimate of drug-likeness (QED) is 0.845. The first-order valence-electron chi connectivity index (χ1n) is 5.74. The highest BCUT2D eigenvalue weighted by Crippen LogP contribution is 2.39. The van der Waals surface area contributed by atoms with Crippen LogP contribution in [0.2, 0.25) is 0 Å². The number of amides is 1. The van der Waals surface area contributed by atoms with Gasteiger partial charge in [-0.2, -0.15) is 0 Å². The summed E-state index contributed by atoms with van der Waals surface area (Å²) in [5, 5.41) is 12.4. The van der Waals surface area contributed by atoms with Crippen molar-refractivity contribution in [3.05, 3.63) is 23.8 Å². The summed E-state index contributed by atoms with van der Waals surface area (Å²) < 4.78 is 10.1. The highest BCUT2D eigenvalue weighted by Gasteiger charge is 2.38. The number of nitrogens with one attached hydrogen (secondary N) is 1. The van der Waals surface area contributed by atoms with Gasteiger partial charge in [-0.3, -0.25) is 0 Å². The van der Waals surface area contributed by atoms with E-state index in [1.54, 1.807) is 18.2 Å². The summed E-state index contributed by atoms with van der Waals surface area (Å²) >= 11 is 0. The van der Waals surface area contributed by atoms with Crippen LogP contribution in [0.25, 0.3) is 0 Å². The van der Waals surface area contributed by atoms with Crippen LogP contribution < -0.4 is 10.1 Å². The second kappa shape index (κ2) is 4.40. The number of carbonyl (C=O) groups is 1. The molecule has 0 aliphatic carbocycles. The maximum absolute atomic E-state index is 11.3. The van der Waals surface area contributed by atoms with Crippen LogP contribution in [0.15, 0.2) is 18.2 Å². The number of methoxy groups -OCH3 is 1. The van der Waals surface area contributed by atoms with Gasteiger partial charge in [0.05, 0.1) is 13.2 Å². The molecule has 2 rings (SSSR count). The molecule has 1 amide bonds. The Kier molecular flexibility index (Phi) is 3.07. The lowest BCUT2D eigenvalue weighted by Gasteiger charge is -2.38. The predicted octanol–water partition coefficient (Wildman–Crippen LogP) is 2.21. The Hall–Kier alpha value is -1.91. The summed E-state index contributed by atoms with van der Waals surface area (Å²) in [5.74, 6) is 0.474. The third kappa shape index (κ3) is 2.20.